The number of hydrogen-bond donors (Lipinski definition) is 4. The zero-order valence-electron chi connectivity index (χ0n) is 15.4. The Bertz CT molecular complexity index is 916. The molecule has 0 aliphatic carbocycles. The number of nitrogens with zero attached hydrogens (tertiary/aromatic N) is 1. The molecule has 0 bridgehead atoms. The van der Waals surface area contributed by atoms with Gasteiger partial charge in [-0.15, -0.1) is 0 Å². The van der Waals surface area contributed by atoms with E-state index in [1.54, 1.807) is 30.5 Å². The molecule has 3 rings (SSSR count). The van der Waals surface area contributed by atoms with E-state index in [0.717, 1.165) is 0 Å². The summed E-state index contributed by atoms with van der Waals surface area (Å²) in [4.78, 5) is 24.5. The summed E-state index contributed by atoms with van der Waals surface area (Å²) in [6, 6.07) is 6.38. The van der Waals surface area contributed by atoms with Crippen LogP contribution in [0.1, 0.15) is 24.2 Å². The summed E-state index contributed by atoms with van der Waals surface area (Å²) >= 11 is 0. The summed E-state index contributed by atoms with van der Waals surface area (Å²) in [6.07, 6.45) is -4.13. The van der Waals surface area contributed by atoms with Gasteiger partial charge in [0.2, 0.25) is 0 Å². The Morgan fingerprint density at radius 2 is 1.86 bits per heavy atom. The predicted molar refractivity (Wildman–Crippen MR) is 95.8 cm³/mol. The van der Waals surface area contributed by atoms with E-state index in [-0.39, 0.29) is 11.6 Å². The van der Waals surface area contributed by atoms with Crippen LogP contribution in [-0.2, 0) is 9.53 Å². The Hall–Kier alpha value is -2.92. The van der Waals surface area contributed by atoms with E-state index in [9.17, 15) is 28.2 Å². The van der Waals surface area contributed by atoms with Crippen LogP contribution in [0.25, 0.3) is 10.9 Å². The van der Waals surface area contributed by atoms with Gasteiger partial charge in [0.1, 0.15) is 6.10 Å². The molecule has 0 saturated carbocycles. The van der Waals surface area contributed by atoms with Crippen molar-refractivity contribution in [2.24, 2.45) is 0 Å². The lowest BCUT2D eigenvalue weighted by atomic mass is 9.98. The Morgan fingerprint density at radius 1 is 1.24 bits per heavy atom. The van der Waals surface area contributed by atoms with Gasteiger partial charge in [-0.2, -0.15) is 13.2 Å². The third-order valence-corrected chi connectivity index (χ3v) is 4.31. The lowest BCUT2D eigenvalue weighted by Gasteiger charge is -2.24. The van der Waals surface area contributed by atoms with Crippen molar-refractivity contribution in [3.8, 4) is 0 Å². The quantitative estimate of drug-likeness (QED) is 0.601. The van der Waals surface area contributed by atoms with Crippen LogP contribution in [0.15, 0.2) is 30.5 Å². The molecule has 11 heteroatoms. The largest absolute Gasteiger partial charge is 0.490 e. The second kappa shape index (κ2) is 8.21. The molecule has 0 amide bonds. The van der Waals surface area contributed by atoms with Crippen molar-refractivity contribution in [3.05, 3.63) is 36.0 Å². The highest BCUT2D eigenvalue weighted by molar-refractivity contribution is 6.06. The Labute approximate surface area is 162 Å². The van der Waals surface area contributed by atoms with Crippen molar-refractivity contribution in [1.82, 2.24) is 4.98 Å². The molecule has 0 unspecified atom stereocenters. The number of halogens is 3. The number of nitrogens with one attached hydrogen (secondary N) is 1. The van der Waals surface area contributed by atoms with E-state index >= 15 is 0 Å². The number of aliphatic hydroxyl groups excluding tert-OH is 1. The number of ether oxygens (including phenoxy) is 1. The molecular weight excluding hydrogens is 397 g/mol. The lowest BCUT2D eigenvalue weighted by Crippen LogP contribution is -2.41. The van der Waals surface area contributed by atoms with Crippen molar-refractivity contribution >= 4 is 28.5 Å². The first-order valence-electron chi connectivity index (χ1n) is 8.34. The molecular formula is C18H19F3N2O6. The molecule has 1 aromatic heterocycles. The van der Waals surface area contributed by atoms with Gasteiger partial charge in [0.05, 0.1) is 35.0 Å². The van der Waals surface area contributed by atoms with Crippen molar-refractivity contribution in [1.29, 1.82) is 0 Å². The minimum Gasteiger partial charge on any atom is -0.478 e. The predicted octanol–water partition coefficient (Wildman–Crippen LogP) is 2.52. The van der Waals surface area contributed by atoms with Crippen molar-refractivity contribution in [2.45, 2.75) is 37.8 Å². The molecule has 1 saturated heterocycles. The molecule has 29 heavy (non-hydrogen) atoms. The average molecular weight is 416 g/mol. The fraction of sp³-hybridized carbons (Fsp3) is 0.389. The van der Waals surface area contributed by atoms with Gasteiger partial charge in [0.25, 0.3) is 0 Å². The van der Waals surface area contributed by atoms with E-state index in [4.69, 9.17) is 14.6 Å². The van der Waals surface area contributed by atoms with Crippen LogP contribution in [-0.4, -0.2) is 62.8 Å². The number of aromatic nitrogens is 1. The third-order valence-electron chi connectivity index (χ3n) is 4.31. The number of aliphatic hydroxyl groups is 1. The molecule has 1 aliphatic rings. The number of rotatable bonds is 3. The highest BCUT2D eigenvalue weighted by atomic mass is 19.4. The maximum absolute atomic E-state index is 11.3. The molecule has 8 nitrogen and oxygen atoms in total. The highest BCUT2D eigenvalue weighted by Crippen LogP contribution is 2.30. The normalized spacial score (nSPS) is 20.6. The first kappa shape index (κ1) is 22.4. The monoisotopic (exact) mass is 416 g/mol. The van der Waals surface area contributed by atoms with Gasteiger partial charge in [-0.25, -0.2) is 9.59 Å². The van der Waals surface area contributed by atoms with Crippen LogP contribution in [0.5, 0.6) is 0 Å². The molecule has 2 heterocycles. The molecule has 2 atom stereocenters. The average Bonchev–Trinajstić information content (AvgIpc) is 2.88. The fourth-order valence-electron chi connectivity index (χ4n) is 2.76. The van der Waals surface area contributed by atoms with Gasteiger partial charge in [0.15, 0.2) is 0 Å². The molecule has 4 N–H and O–H groups in total. The number of carboxylic acids is 2. The second-order valence-electron chi connectivity index (χ2n) is 6.78. The van der Waals surface area contributed by atoms with E-state index in [2.05, 4.69) is 10.3 Å². The smallest absolute Gasteiger partial charge is 0.478 e. The Balaban J connectivity index is 0.000000370. The molecule has 1 aromatic carbocycles. The Kier molecular flexibility index (Phi) is 6.34. The van der Waals surface area contributed by atoms with E-state index in [1.165, 1.54) is 0 Å². The van der Waals surface area contributed by atoms with E-state index in [0.29, 0.717) is 23.2 Å². The summed E-state index contributed by atoms with van der Waals surface area (Å²) in [5, 5.41) is 30.5. The standard InChI is InChI=1S/C16H18N2O4.C2HF3O2/c1-16(2)14(19)12(8-22-16)18-11-6-5-10(15(20)21)9-4-3-7-17-13(9)11;3-2(4,5)1(6)7/h3-7,12,14,18-19H,8H2,1-2H3,(H,20,21);(H,6,7)/t12-,14+;/m1./s1. The number of fused-ring (bicyclic) bond motifs is 1. The van der Waals surface area contributed by atoms with Crippen LogP contribution in [0.2, 0.25) is 0 Å². The SMILES string of the molecule is CC1(C)OC[C@@H](Nc2ccc(C(=O)O)c3cccnc23)[C@@H]1O.O=C(O)C(F)(F)F. The fourth-order valence-corrected chi connectivity index (χ4v) is 2.76. The van der Waals surface area contributed by atoms with Crippen LogP contribution < -0.4 is 5.32 Å². The van der Waals surface area contributed by atoms with Crippen LogP contribution >= 0.6 is 0 Å². The van der Waals surface area contributed by atoms with Crippen molar-refractivity contribution < 1.29 is 42.8 Å². The third kappa shape index (κ3) is 5.12. The zero-order valence-corrected chi connectivity index (χ0v) is 15.4. The molecule has 2 aromatic rings. The van der Waals surface area contributed by atoms with Crippen LogP contribution in [0, 0.1) is 0 Å². The highest BCUT2D eigenvalue weighted by Gasteiger charge is 2.42. The number of carbonyl (C=O) groups is 2. The van der Waals surface area contributed by atoms with Gasteiger partial charge < -0.3 is 25.4 Å². The number of aliphatic carboxylic acids is 1. The minimum absolute atomic E-state index is 0.206. The van der Waals surface area contributed by atoms with Crippen molar-refractivity contribution in [2.75, 3.05) is 11.9 Å². The Morgan fingerprint density at radius 3 is 2.34 bits per heavy atom. The van der Waals surface area contributed by atoms with Gasteiger partial charge in [-0.1, -0.05) is 6.07 Å². The number of hydrogen-bond acceptors (Lipinski definition) is 6. The topological polar surface area (TPSA) is 129 Å². The molecule has 158 valence electrons. The minimum atomic E-state index is -5.08. The van der Waals surface area contributed by atoms with Gasteiger partial charge in [-0.05, 0) is 32.0 Å². The second-order valence-corrected chi connectivity index (χ2v) is 6.78. The van der Waals surface area contributed by atoms with E-state index < -0.39 is 29.8 Å². The number of aromatic carboxylic acids is 1. The number of pyridine rings is 1. The lowest BCUT2D eigenvalue weighted by molar-refractivity contribution is -0.192. The van der Waals surface area contributed by atoms with Gasteiger partial charge in [0, 0.05) is 11.6 Å². The number of alkyl halides is 3. The number of anilines is 1. The van der Waals surface area contributed by atoms with Crippen LogP contribution in [0.3, 0.4) is 0 Å². The summed E-state index contributed by atoms with van der Waals surface area (Å²) < 4.78 is 37.3. The van der Waals surface area contributed by atoms with E-state index in [1.807, 2.05) is 13.8 Å². The zero-order chi connectivity index (χ0) is 22.0. The maximum Gasteiger partial charge on any atom is 0.490 e. The van der Waals surface area contributed by atoms with Gasteiger partial charge >= 0.3 is 18.1 Å². The number of benzene rings is 1. The molecule has 0 radical (unpaired) electrons. The van der Waals surface area contributed by atoms with Gasteiger partial charge in [-0.3, -0.25) is 4.98 Å². The summed E-state index contributed by atoms with van der Waals surface area (Å²) in [5.41, 5.74) is 0.851. The molecule has 0 spiro atoms. The summed E-state index contributed by atoms with van der Waals surface area (Å²) in [6.45, 7) is 4.05. The molecule has 1 fully saturated rings. The number of carboxylic acid groups (broad SMARTS) is 2. The summed E-state index contributed by atoms with van der Waals surface area (Å²) in [7, 11) is 0. The maximum atomic E-state index is 11.3. The van der Waals surface area contributed by atoms with Crippen LogP contribution in [0.4, 0.5) is 18.9 Å². The van der Waals surface area contributed by atoms with Crippen molar-refractivity contribution in [3.63, 3.8) is 0 Å². The first-order chi connectivity index (χ1) is 13.3. The summed E-state index contributed by atoms with van der Waals surface area (Å²) in [5.74, 6) is -3.75. The molecule has 1 aliphatic heterocycles. The first-order valence-corrected chi connectivity index (χ1v) is 8.34.